The molecule has 6 rings (SSSR count). The van der Waals surface area contributed by atoms with E-state index in [4.69, 9.17) is 55.2 Å². The van der Waals surface area contributed by atoms with Crippen LogP contribution in [0.3, 0.4) is 0 Å². The first-order valence-corrected chi connectivity index (χ1v) is 48.9. The number of ketones is 2. The Hall–Kier alpha value is -11.5. The van der Waals surface area contributed by atoms with Crippen molar-refractivity contribution >= 4 is 167 Å². The number of fused-ring (bicyclic) bond motifs is 2. The van der Waals surface area contributed by atoms with Crippen molar-refractivity contribution in [2.45, 2.75) is 243 Å². The normalized spacial score (nSPS) is 9.66. The Morgan fingerprint density at radius 3 is 1.16 bits per heavy atom. The molecule has 0 saturated heterocycles. The number of rotatable bonds is 34. The van der Waals surface area contributed by atoms with Gasteiger partial charge in [0.1, 0.15) is 18.1 Å². The number of thiocarbonyl (C=S) groups is 2. The van der Waals surface area contributed by atoms with Crippen LogP contribution in [-0.2, 0) is 62.2 Å². The summed E-state index contributed by atoms with van der Waals surface area (Å²) in [6, 6.07) is 12.3. The zero-order chi connectivity index (χ0) is 112. The Bertz CT molecular complexity index is 4530. The number of likely N-dealkylation sites (N-methyl/N-ethyl adjacent to an activating group) is 2. The number of nitrogens with one attached hydrogen (secondary N) is 2. The number of carbonyl (C=O) groups is 15. The number of carboxylic acids is 2. The second kappa shape index (κ2) is 102. The second-order valence-corrected chi connectivity index (χ2v) is 28.3. The number of nitrogens with zero attached hydrogens (tertiary/aromatic N) is 9. The van der Waals surface area contributed by atoms with Gasteiger partial charge in [0.2, 0.25) is 41.4 Å². The number of carboxylic acid groups (broad SMARTS) is 2. The molecule has 0 aliphatic carbocycles. The molecule has 0 fully saturated rings. The van der Waals surface area contributed by atoms with Crippen LogP contribution in [0.25, 0.3) is 21.8 Å². The standard InChI is InChI=1S/C32H39N5O9S2.C20H18N4O6S2.C8H12N2O2.C7H12O2.2C5H9NO.11C2H6.C2H2.Na/c1-6-7-14-45-31(44)20(16-23(30(43)35(4)5)48-32(47)36-13-9-12-34-36)15-18(2)29(42)37-19(3)25(27(40)28(33)41)26-21(37)10-8-11-22(26)46-17-24(38)39;1-10-15(17(27)18(21)28)16-12(5-3-6-13(16)30-9-14(25)26)24(10)19(29)11(2)32-20(31)23-8-4-7-22-23;1-3-7(11)9-5-6-10-8(12)4-2;1-3-5-6-9-7(8)4-2;2*1-4-5(7)6(2)3;12*1-2;/h8-13,18,20,23H,6-7,14-17H2,1-5H3,(H2,33,41)(H,38,39);3-8,11H,9H2,1-2H3,(H2,21,28)(H,25,26);3-4H,1-2,5-6H2,(H,9,11)(H,10,12);4H,2-3,5-6H2,1H3;2*4H,1H2,2-3H3;11*1-2H3;1-2H;/q;;;;;;;;;;;;;;;;;;+1/p-1. The van der Waals surface area contributed by atoms with Crippen LogP contribution in [0.2, 0.25) is 0 Å². The van der Waals surface area contributed by atoms with Gasteiger partial charge in [-0.3, -0.25) is 66.7 Å². The summed E-state index contributed by atoms with van der Waals surface area (Å²) in [5.41, 5.74) is 10.9. The van der Waals surface area contributed by atoms with Crippen molar-refractivity contribution in [2.24, 2.45) is 23.3 Å². The summed E-state index contributed by atoms with van der Waals surface area (Å²) < 4.78 is 26.9. The van der Waals surface area contributed by atoms with Gasteiger partial charge >= 0.3 is 47.5 Å². The molecule has 4 aromatic heterocycles. The molecular formula is C101H166N13NaO21S4. The first-order chi connectivity index (χ1) is 66.2. The van der Waals surface area contributed by atoms with Crippen molar-refractivity contribution in [3.05, 3.63) is 159 Å². The van der Waals surface area contributed by atoms with Crippen LogP contribution in [0, 0.1) is 38.5 Å². The van der Waals surface area contributed by atoms with Crippen molar-refractivity contribution in [3.8, 4) is 24.3 Å². The molecular weight excluding hydrogens is 1880 g/mol. The molecule has 6 aromatic rings. The van der Waals surface area contributed by atoms with Crippen molar-refractivity contribution in [2.75, 3.05) is 81.8 Å². The number of esters is 2. The van der Waals surface area contributed by atoms with Gasteiger partial charge in [-0.2, -0.15) is 10.2 Å². The first kappa shape index (κ1) is 157. The Morgan fingerprint density at radius 2 is 0.864 bits per heavy atom. The van der Waals surface area contributed by atoms with E-state index in [9.17, 15) is 77.0 Å². The van der Waals surface area contributed by atoms with Crippen LogP contribution >= 0.6 is 48.0 Å². The van der Waals surface area contributed by atoms with Crippen LogP contribution in [-0.4, -0.2) is 238 Å². The number of carbonyl (C=O) groups excluding carboxylic acids is 14. The zero-order valence-corrected chi connectivity index (χ0v) is 95.5. The molecule has 4 unspecified atom stereocenters. The summed E-state index contributed by atoms with van der Waals surface area (Å²) in [5, 5.41) is 31.8. The molecule has 0 saturated carbocycles. The number of terminal acetylenes is 1. The average molecular weight is 2050 g/mol. The van der Waals surface area contributed by atoms with E-state index < -0.39 is 88.7 Å². The van der Waals surface area contributed by atoms with Gasteiger partial charge in [0.15, 0.2) is 15.2 Å². The Balaban J connectivity index is -0.000000137. The molecule has 39 heteroatoms. The van der Waals surface area contributed by atoms with E-state index in [2.05, 4.69) is 71.3 Å². The van der Waals surface area contributed by atoms with Crippen molar-refractivity contribution in [1.29, 1.82) is 0 Å². The van der Waals surface area contributed by atoms with E-state index in [0.29, 0.717) is 34.8 Å². The third-order valence-corrected chi connectivity index (χ3v) is 18.2. The van der Waals surface area contributed by atoms with E-state index in [1.165, 1.54) is 108 Å². The number of aromatic nitrogens is 6. The third-order valence-electron chi connectivity index (χ3n) is 15.3. The maximum atomic E-state index is 14.2. The number of hydrogen-bond acceptors (Lipinski definition) is 26. The summed E-state index contributed by atoms with van der Waals surface area (Å²) in [6.45, 7) is 70.5. The van der Waals surface area contributed by atoms with Gasteiger partial charge in [0, 0.05) is 104 Å². The quantitative estimate of drug-likeness (QED) is 0.00366. The average Bonchev–Trinajstić information content (AvgIpc) is 1.60. The van der Waals surface area contributed by atoms with Crippen LogP contribution in [0.4, 0.5) is 0 Å². The number of benzene rings is 2. The number of hydrogen-bond donors (Lipinski definition) is 5. The van der Waals surface area contributed by atoms with Gasteiger partial charge in [0.05, 0.1) is 68.5 Å². The molecule has 7 amide bonds. The molecule has 4 heterocycles. The van der Waals surface area contributed by atoms with Crippen molar-refractivity contribution in [1.82, 2.24) is 54.0 Å². The van der Waals surface area contributed by atoms with Crippen molar-refractivity contribution < 1.29 is 131 Å². The fourth-order valence-electron chi connectivity index (χ4n) is 9.59. The van der Waals surface area contributed by atoms with Gasteiger partial charge < -0.3 is 70.8 Å². The molecule has 140 heavy (non-hydrogen) atoms. The Kier molecular flexibility index (Phi) is 114. The number of amides is 7. The number of thioether (sulfide) groups is 2. The van der Waals surface area contributed by atoms with Crippen LogP contribution < -0.4 is 66.2 Å². The SMILES string of the molecule is C#C.C=CC(=O)N(C)C.C=CC(=O)N(C)C.C=CC(=O)NCCNC(=O)C=C.C=CC(=O)OCCCC.CC.CC.CC.CC.CC.CC.CC.CC.CC.CC.CC.CCCCOC(=O)C(CC(C)C(=O)n1c(C)c(C(=O)C(N)=O)c2c(OCC(=O)O)cccc21)CC(SC(=S)n1cccn1)C(=O)N(C)C.Cc1c(C(=O)C(N)=O)c2c(OCC(=O)[O-])cccc2n1C(=O)C(C)SC(=S)n1cccn1.[Na+]. The smallest absolute Gasteiger partial charge is 0.546 e. The molecule has 0 aliphatic rings. The summed E-state index contributed by atoms with van der Waals surface area (Å²) in [7, 11) is 9.92. The number of primary amides is 2. The number of unbranched alkanes of at least 4 members (excludes halogenated alkanes) is 2. The van der Waals surface area contributed by atoms with E-state index in [-0.39, 0.29) is 140 Å². The van der Waals surface area contributed by atoms with Gasteiger partial charge in [-0.15, -0.1) is 12.8 Å². The van der Waals surface area contributed by atoms with Crippen molar-refractivity contribution in [3.63, 3.8) is 0 Å². The Morgan fingerprint density at radius 1 is 0.514 bits per heavy atom. The maximum Gasteiger partial charge on any atom is 1.00 e. The second-order valence-electron chi connectivity index (χ2n) is 24.5. The largest absolute Gasteiger partial charge is 1.00 e. The summed E-state index contributed by atoms with van der Waals surface area (Å²) in [4.78, 5) is 182. The summed E-state index contributed by atoms with van der Waals surface area (Å²) in [6.07, 6.45) is 23.8. The molecule has 0 radical (unpaired) electrons. The van der Waals surface area contributed by atoms with Crippen LogP contribution in [0.15, 0.2) is 137 Å². The van der Waals surface area contributed by atoms with Gasteiger partial charge in [-0.05, 0) is 107 Å². The van der Waals surface area contributed by atoms with Crippen LogP contribution in [0.1, 0.15) is 260 Å². The van der Waals surface area contributed by atoms with E-state index >= 15 is 0 Å². The Labute approximate surface area is 876 Å². The van der Waals surface area contributed by atoms with Gasteiger partial charge in [0.25, 0.3) is 23.4 Å². The summed E-state index contributed by atoms with van der Waals surface area (Å²) >= 11 is 13.0. The zero-order valence-electron chi connectivity index (χ0n) is 90.2. The molecule has 7 N–H and O–H groups in total. The minimum Gasteiger partial charge on any atom is -0.546 e. The fourth-order valence-corrected chi connectivity index (χ4v) is 12.4. The third kappa shape index (κ3) is 64.7. The van der Waals surface area contributed by atoms with E-state index in [0.717, 1.165) is 42.8 Å². The molecule has 786 valence electrons. The minimum absolute atomic E-state index is 0. The van der Waals surface area contributed by atoms with Crippen LogP contribution in [0.5, 0.6) is 11.5 Å². The van der Waals surface area contributed by atoms with Gasteiger partial charge in [-0.25, -0.2) is 19.0 Å². The van der Waals surface area contributed by atoms with E-state index in [1.54, 1.807) is 99.1 Å². The molecule has 2 aromatic carbocycles. The van der Waals surface area contributed by atoms with E-state index in [1.807, 2.05) is 166 Å². The maximum absolute atomic E-state index is 14.2. The predicted molar refractivity (Wildman–Crippen MR) is 576 cm³/mol. The predicted octanol–water partition coefficient (Wildman–Crippen LogP) is 14.0. The monoisotopic (exact) mass is 2050 g/mol. The number of Topliss-reactive ketones (excluding diaryl/α,β-unsaturated/α-hetero) is 2. The molecule has 34 nitrogen and oxygen atoms in total. The minimum atomic E-state index is -1.48. The molecule has 0 aliphatic heterocycles. The number of ether oxygens (including phenoxy) is 4. The molecule has 0 bridgehead atoms. The number of aliphatic carboxylic acids is 2. The summed E-state index contributed by atoms with van der Waals surface area (Å²) in [5.74, 6) is -12.0. The number of nitrogens with two attached hydrogens (primary N) is 2. The molecule has 0 spiro atoms. The topological polar surface area (TPSA) is 468 Å². The van der Waals surface area contributed by atoms with Gasteiger partial charge in [-0.1, -0.05) is 279 Å². The first-order valence-electron chi connectivity index (χ1n) is 46.3. The molecule has 4 atom stereocenters. The fraction of sp³-hybridized carbons (Fsp3) is 0.495.